The lowest BCUT2D eigenvalue weighted by atomic mass is 9.88. The quantitative estimate of drug-likeness (QED) is 0.0180. The lowest BCUT2D eigenvalue weighted by Gasteiger charge is -2.25. The number of nitrogens with two attached hydrogens (primary N) is 2. The van der Waals surface area contributed by atoms with Crippen molar-refractivity contribution < 1.29 is 52.5 Å². The molecule has 8 N–H and O–H groups in total. The standard InChI is InChI=1S/C59H76N8O11/c1-5-49(43-13-8-6-9-14-43)55(44-19-25-47(26-20-44)77-36-34-66(4)54(71)40-76-38-37-75-35-31-60)45-21-27-48(28-22-45)78-39-42-17-23-46(24-18-42)63-57(72)50(15-12-32-62-59(61)74)64-58(73)56(41(2)3)65-51(68)16-10-7-11-33-67-52(69)29-30-53(67)70/h6,8-9,13-14,17-30,41,50,56H,5,7,10-12,15-16,31-40,60H2,1-4H3,(H,63,72)(H,64,73)(H,65,68)(H3,61,62,74)/b55-49+/t50-,56-/m0/s1. The lowest BCUT2D eigenvalue weighted by molar-refractivity contribution is -0.137. The third-order valence-corrected chi connectivity index (χ3v) is 12.7. The van der Waals surface area contributed by atoms with Gasteiger partial charge in [-0.3, -0.25) is 33.7 Å². The summed E-state index contributed by atoms with van der Waals surface area (Å²) in [5.41, 5.74) is 17.4. The summed E-state index contributed by atoms with van der Waals surface area (Å²) in [6.45, 7) is 8.64. The monoisotopic (exact) mass is 1070 g/mol. The Balaban J connectivity index is 1.16. The Kier molecular flexibility index (Phi) is 25.5. The smallest absolute Gasteiger partial charge is 0.312 e. The SMILES string of the molecule is CC/C(=C(/c1ccc(OCCN(C)C(=O)COCCOCCN)cc1)c1ccc(OCc2ccc(NC(=O)[C@H](CCCNC(N)=O)NC(=O)[C@@H](NC(=O)CCCCCN3C(=O)C=CC3=O)C(C)C)cc2)cc1)c1ccccc1. The maximum Gasteiger partial charge on any atom is 0.312 e. The molecule has 0 saturated heterocycles. The molecule has 0 saturated carbocycles. The summed E-state index contributed by atoms with van der Waals surface area (Å²) in [7, 11) is 1.71. The number of hydrogen-bond acceptors (Lipinski definition) is 12. The van der Waals surface area contributed by atoms with Crippen LogP contribution >= 0.6 is 0 Å². The molecule has 418 valence electrons. The number of primary amides is 1. The number of ether oxygens (including phenoxy) is 4. The first kappa shape index (κ1) is 61.0. The topological polar surface area (TPSA) is 263 Å². The van der Waals surface area contributed by atoms with Crippen LogP contribution in [0.2, 0.25) is 0 Å². The summed E-state index contributed by atoms with van der Waals surface area (Å²) in [6.07, 6.45) is 5.49. The minimum Gasteiger partial charge on any atom is -0.492 e. The number of imide groups is 1. The van der Waals surface area contributed by atoms with Crippen molar-refractivity contribution in [2.75, 3.05) is 71.6 Å². The van der Waals surface area contributed by atoms with Crippen molar-refractivity contribution in [2.24, 2.45) is 17.4 Å². The van der Waals surface area contributed by atoms with Crippen molar-refractivity contribution in [1.29, 1.82) is 0 Å². The number of hydrogen-bond donors (Lipinski definition) is 6. The van der Waals surface area contributed by atoms with Crippen LogP contribution in [-0.2, 0) is 44.8 Å². The predicted molar refractivity (Wildman–Crippen MR) is 299 cm³/mol. The molecule has 0 aromatic heterocycles. The van der Waals surface area contributed by atoms with E-state index in [-0.39, 0.29) is 68.7 Å². The Bertz CT molecular complexity index is 2630. The van der Waals surface area contributed by atoms with E-state index in [1.165, 1.54) is 17.7 Å². The molecule has 0 bridgehead atoms. The van der Waals surface area contributed by atoms with E-state index >= 15 is 0 Å². The Hall–Kier alpha value is -7.87. The van der Waals surface area contributed by atoms with Gasteiger partial charge in [0.15, 0.2) is 0 Å². The number of likely N-dealkylation sites (N-methyl/N-ethyl adjacent to an activating group) is 1. The number of amides is 8. The fourth-order valence-electron chi connectivity index (χ4n) is 8.41. The zero-order chi connectivity index (χ0) is 56.2. The summed E-state index contributed by atoms with van der Waals surface area (Å²) in [5, 5.41) is 11.0. The molecule has 4 aromatic rings. The van der Waals surface area contributed by atoms with Gasteiger partial charge in [0.2, 0.25) is 23.6 Å². The molecule has 19 heteroatoms. The molecule has 2 atom stereocenters. The van der Waals surface area contributed by atoms with Gasteiger partial charge in [0.05, 0.1) is 26.4 Å². The molecule has 0 fully saturated rings. The minimum absolute atomic E-state index is 0.0409. The van der Waals surface area contributed by atoms with Crippen LogP contribution < -0.4 is 42.2 Å². The van der Waals surface area contributed by atoms with Gasteiger partial charge in [0.1, 0.15) is 43.4 Å². The zero-order valence-corrected chi connectivity index (χ0v) is 45.3. The third kappa shape index (κ3) is 20.3. The first-order valence-electron chi connectivity index (χ1n) is 26.6. The van der Waals surface area contributed by atoms with Gasteiger partial charge in [-0.1, -0.05) is 93.9 Å². The average molecular weight is 1070 g/mol. The van der Waals surface area contributed by atoms with Crippen LogP contribution in [-0.4, -0.2) is 130 Å². The number of rotatable bonds is 34. The van der Waals surface area contributed by atoms with Gasteiger partial charge in [-0.15, -0.1) is 0 Å². The Morgan fingerprint density at radius 2 is 1.33 bits per heavy atom. The second-order valence-corrected chi connectivity index (χ2v) is 19.0. The third-order valence-electron chi connectivity index (χ3n) is 12.7. The van der Waals surface area contributed by atoms with Crippen molar-refractivity contribution in [2.45, 2.75) is 84.4 Å². The number of anilines is 1. The van der Waals surface area contributed by atoms with Crippen molar-refractivity contribution >= 4 is 58.3 Å². The van der Waals surface area contributed by atoms with E-state index in [0.717, 1.165) is 39.1 Å². The number of carbonyl (C=O) groups is 7. The molecule has 8 amide bonds. The van der Waals surface area contributed by atoms with Crippen molar-refractivity contribution in [3.8, 4) is 11.5 Å². The second-order valence-electron chi connectivity index (χ2n) is 19.0. The van der Waals surface area contributed by atoms with Gasteiger partial charge >= 0.3 is 6.03 Å². The number of carbonyl (C=O) groups excluding carboxylic acids is 7. The molecular weight excluding hydrogens is 997 g/mol. The van der Waals surface area contributed by atoms with Crippen LogP contribution in [0.15, 0.2) is 115 Å². The van der Waals surface area contributed by atoms with Gasteiger partial charge in [0, 0.05) is 50.9 Å². The summed E-state index contributed by atoms with van der Waals surface area (Å²) in [4.78, 5) is 90.5. The van der Waals surface area contributed by atoms with Gasteiger partial charge in [-0.25, -0.2) is 4.79 Å². The van der Waals surface area contributed by atoms with Crippen LogP contribution in [0.25, 0.3) is 11.1 Å². The number of benzene rings is 4. The normalized spacial score (nSPS) is 13.1. The highest BCUT2D eigenvalue weighted by molar-refractivity contribution is 6.12. The molecule has 5 rings (SSSR count). The number of unbranched alkanes of at least 4 members (excludes halogenated alkanes) is 2. The molecule has 0 radical (unpaired) electrons. The second kappa shape index (κ2) is 32.7. The average Bonchev–Trinajstić information content (AvgIpc) is 3.81. The fraction of sp³-hybridized carbons (Fsp3) is 0.407. The lowest BCUT2D eigenvalue weighted by Crippen LogP contribution is -2.54. The highest BCUT2D eigenvalue weighted by Gasteiger charge is 2.29. The summed E-state index contributed by atoms with van der Waals surface area (Å²) in [5.74, 6) is -1.19. The molecule has 1 aliphatic heterocycles. The molecule has 0 spiro atoms. The molecule has 78 heavy (non-hydrogen) atoms. The van der Waals surface area contributed by atoms with E-state index in [1.807, 2.05) is 78.9 Å². The van der Waals surface area contributed by atoms with Gasteiger partial charge in [-0.2, -0.15) is 0 Å². The minimum atomic E-state index is -1.01. The Morgan fingerprint density at radius 3 is 1.95 bits per heavy atom. The number of urea groups is 1. The van der Waals surface area contributed by atoms with E-state index in [2.05, 4.69) is 40.3 Å². The zero-order valence-electron chi connectivity index (χ0n) is 45.3. The van der Waals surface area contributed by atoms with Crippen LogP contribution in [0.3, 0.4) is 0 Å². The van der Waals surface area contributed by atoms with E-state index in [9.17, 15) is 33.6 Å². The Morgan fingerprint density at radius 1 is 0.692 bits per heavy atom. The van der Waals surface area contributed by atoms with Crippen LogP contribution in [0.5, 0.6) is 11.5 Å². The molecule has 4 aromatic carbocycles. The number of allylic oxidation sites excluding steroid dienone is 1. The molecule has 1 aliphatic rings. The number of nitrogens with zero attached hydrogens (tertiary/aromatic N) is 2. The fourth-order valence-corrected chi connectivity index (χ4v) is 8.41. The molecule has 0 aliphatic carbocycles. The van der Waals surface area contributed by atoms with E-state index in [1.54, 1.807) is 37.9 Å². The first-order chi connectivity index (χ1) is 37.7. The van der Waals surface area contributed by atoms with Crippen molar-refractivity contribution in [3.63, 3.8) is 0 Å². The van der Waals surface area contributed by atoms with Crippen LogP contribution in [0.4, 0.5) is 10.5 Å². The maximum absolute atomic E-state index is 13.7. The van der Waals surface area contributed by atoms with Crippen molar-refractivity contribution in [1.82, 2.24) is 25.8 Å². The van der Waals surface area contributed by atoms with E-state index < -0.39 is 29.9 Å². The summed E-state index contributed by atoms with van der Waals surface area (Å²) in [6, 6.07) is 30.7. The van der Waals surface area contributed by atoms with E-state index in [4.69, 9.17) is 30.4 Å². The molecule has 0 unspecified atom stereocenters. The Labute approximate surface area is 457 Å². The van der Waals surface area contributed by atoms with Gasteiger partial charge < -0.3 is 56.6 Å². The largest absolute Gasteiger partial charge is 0.492 e. The highest BCUT2D eigenvalue weighted by atomic mass is 16.5. The van der Waals surface area contributed by atoms with Crippen LogP contribution in [0, 0.1) is 5.92 Å². The van der Waals surface area contributed by atoms with Gasteiger partial charge in [0.25, 0.3) is 11.8 Å². The molecule has 1 heterocycles. The maximum atomic E-state index is 13.7. The summed E-state index contributed by atoms with van der Waals surface area (Å²) < 4.78 is 23.0. The number of nitrogens with one attached hydrogen (secondary N) is 4. The van der Waals surface area contributed by atoms with Crippen molar-refractivity contribution in [3.05, 3.63) is 138 Å². The molecular formula is C59H76N8O11. The van der Waals surface area contributed by atoms with Gasteiger partial charge in [-0.05, 0) is 108 Å². The first-order valence-corrected chi connectivity index (χ1v) is 26.6. The van der Waals surface area contributed by atoms with E-state index in [0.29, 0.717) is 82.4 Å². The molecule has 19 nitrogen and oxygen atoms in total. The van der Waals surface area contributed by atoms with Crippen LogP contribution in [0.1, 0.15) is 88.0 Å². The summed E-state index contributed by atoms with van der Waals surface area (Å²) >= 11 is 0. The predicted octanol–water partition coefficient (Wildman–Crippen LogP) is 5.96. The highest BCUT2D eigenvalue weighted by Crippen LogP contribution is 2.36.